The summed E-state index contributed by atoms with van der Waals surface area (Å²) in [4.78, 5) is 11.0. The highest BCUT2D eigenvalue weighted by molar-refractivity contribution is 14.1. The quantitative estimate of drug-likeness (QED) is 0.850. The highest BCUT2D eigenvalue weighted by Crippen LogP contribution is 2.30. The number of ether oxygens (including phenoxy) is 1. The van der Waals surface area contributed by atoms with Gasteiger partial charge in [0.05, 0.1) is 17.7 Å². The number of amides is 1. The summed E-state index contributed by atoms with van der Waals surface area (Å²) < 4.78 is 5.80. The van der Waals surface area contributed by atoms with Crippen LogP contribution in [-0.4, -0.2) is 13.0 Å². The molecule has 0 fully saturated rings. The van der Waals surface area contributed by atoms with E-state index >= 15 is 0 Å². The van der Waals surface area contributed by atoms with Crippen LogP contribution in [0.5, 0.6) is 5.75 Å². The van der Waals surface area contributed by atoms with Crippen LogP contribution in [0.3, 0.4) is 0 Å². The molecule has 1 amide bonds. The van der Waals surface area contributed by atoms with Gasteiger partial charge in [0.15, 0.2) is 0 Å². The van der Waals surface area contributed by atoms with Gasteiger partial charge in [0.1, 0.15) is 5.75 Å². The van der Waals surface area contributed by atoms with Gasteiger partial charge in [0.25, 0.3) is 5.91 Å². The van der Waals surface area contributed by atoms with Gasteiger partial charge in [-0.05, 0) is 34.7 Å². The van der Waals surface area contributed by atoms with Crippen LogP contribution < -0.4 is 10.5 Å². The molecule has 1 aromatic rings. The second-order valence-corrected chi connectivity index (χ2v) is 3.99. The molecule has 0 atom stereocenters. The van der Waals surface area contributed by atoms with Crippen LogP contribution in [-0.2, 0) is 0 Å². The molecule has 2 N–H and O–H groups in total. The van der Waals surface area contributed by atoms with E-state index in [2.05, 4.69) is 0 Å². The Balaban J connectivity index is 3.38. The number of primary amides is 1. The van der Waals surface area contributed by atoms with Gasteiger partial charge in [-0.2, -0.15) is 0 Å². The summed E-state index contributed by atoms with van der Waals surface area (Å²) in [5.41, 5.74) is 5.45. The van der Waals surface area contributed by atoms with E-state index in [0.29, 0.717) is 16.3 Å². The summed E-state index contributed by atoms with van der Waals surface area (Å²) in [7, 11) is 1.44. The van der Waals surface area contributed by atoms with Gasteiger partial charge < -0.3 is 10.5 Å². The molecule has 0 heterocycles. The predicted molar refractivity (Wildman–Crippen MR) is 59.2 cm³/mol. The Kier molecular flexibility index (Phi) is 3.38. The molecule has 0 unspecified atom stereocenters. The van der Waals surface area contributed by atoms with E-state index < -0.39 is 5.91 Å². The van der Waals surface area contributed by atoms with Crippen molar-refractivity contribution in [1.82, 2.24) is 0 Å². The summed E-state index contributed by atoms with van der Waals surface area (Å²) in [6, 6.07) is 3.33. The first-order valence-electron chi connectivity index (χ1n) is 3.39. The molecule has 0 bridgehead atoms. The number of hydrogen-bond acceptors (Lipinski definition) is 2. The van der Waals surface area contributed by atoms with Crippen LogP contribution in [0.4, 0.5) is 0 Å². The molecule has 5 heteroatoms. The molecule has 0 radical (unpaired) electrons. The van der Waals surface area contributed by atoms with Gasteiger partial charge >= 0.3 is 0 Å². The Bertz CT molecular complexity index is 354. The number of halogens is 2. The average Bonchev–Trinajstić information content (AvgIpc) is 2.02. The number of nitrogens with two attached hydrogens (primary N) is 1. The van der Waals surface area contributed by atoms with Crippen LogP contribution in [0.15, 0.2) is 12.1 Å². The van der Waals surface area contributed by atoms with Crippen molar-refractivity contribution < 1.29 is 9.53 Å². The first-order chi connectivity index (χ1) is 6.06. The fourth-order valence-corrected chi connectivity index (χ4v) is 2.05. The third kappa shape index (κ3) is 2.25. The predicted octanol–water partition coefficient (Wildman–Crippen LogP) is 2.05. The second kappa shape index (κ2) is 4.15. The van der Waals surface area contributed by atoms with E-state index in [-0.39, 0.29) is 0 Å². The van der Waals surface area contributed by atoms with Crippen molar-refractivity contribution in [2.45, 2.75) is 0 Å². The molecule has 1 aromatic carbocycles. The Morgan fingerprint density at radius 2 is 2.23 bits per heavy atom. The second-order valence-electron chi connectivity index (χ2n) is 2.33. The van der Waals surface area contributed by atoms with E-state index in [1.165, 1.54) is 7.11 Å². The van der Waals surface area contributed by atoms with E-state index in [1.54, 1.807) is 12.1 Å². The van der Waals surface area contributed by atoms with Crippen molar-refractivity contribution in [2.75, 3.05) is 7.11 Å². The summed E-state index contributed by atoms with van der Waals surface area (Å²) in [5, 5.41) is 0.392. The Labute approximate surface area is 94.3 Å². The topological polar surface area (TPSA) is 52.3 Å². The summed E-state index contributed by atoms with van der Waals surface area (Å²) in [6.07, 6.45) is 0. The van der Waals surface area contributed by atoms with E-state index in [4.69, 9.17) is 22.1 Å². The first kappa shape index (κ1) is 10.6. The molecule has 0 saturated heterocycles. The Hall–Kier alpha value is -0.490. The lowest BCUT2D eigenvalue weighted by Crippen LogP contribution is -2.12. The first-order valence-corrected chi connectivity index (χ1v) is 4.84. The lowest BCUT2D eigenvalue weighted by Gasteiger charge is -2.07. The van der Waals surface area contributed by atoms with Gasteiger partial charge in [-0.3, -0.25) is 4.79 Å². The van der Waals surface area contributed by atoms with Crippen molar-refractivity contribution in [3.8, 4) is 5.75 Å². The van der Waals surface area contributed by atoms with Gasteiger partial charge in [-0.15, -0.1) is 0 Å². The van der Waals surface area contributed by atoms with Crippen LogP contribution >= 0.6 is 34.2 Å². The number of rotatable bonds is 2. The maximum atomic E-state index is 11.0. The summed E-state index contributed by atoms with van der Waals surface area (Å²) in [6.45, 7) is 0. The fourth-order valence-electron chi connectivity index (χ4n) is 0.951. The van der Waals surface area contributed by atoms with Crippen molar-refractivity contribution in [3.05, 3.63) is 26.3 Å². The smallest absolute Gasteiger partial charge is 0.252 e. The number of methoxy groups -OCH3 is 1. The molecule has 0 saturated carbocycles. The zero-order valence-corrected chi connectivity index (χ0v) is 9.72. The molecule has 70 valence electrons. The zero-order chi connectivity index (χ0) is 10.0. The molecule has 0 spiro atoms. The molecule has 3 nitrogen and oxygen atoms in total. The molecule has 0 aliphatic rings. The standard InChI is InChI=1S/C8H7ClINO2/c1-13-7-5(8(11)12)2-4(10)3-6(7)9/h2-3H,1H3,(H2,11,12). The van der Waals surface area contributed by atoms with Crippen LogP contribution in [0, 0.1) is 3.57 Å². The average molecular weight is 312 g/mol. The van der Waals surface area contributed by atoms with Crippen molar-refractivity contribution in [3.63, 3.8) is 0 Å². The SMILES string of the molecule is COc1c(Cl)cc(I)cc1C(N)=O. The minimum absolute atomic E-state index is 0.305. The normalized spacial score (nSPS) is 9.77. The summed E-state index contributed by atoms with van der Waals surface area (Å²) in [5.74, 6) is -0.216. The number of hydrogen-bond donors (Lipinski definition) is 1. The Morgan fingerprint density at radius 1 is 1.62 bits per heavy atom. The highest BCUT2D eigenvalue weighted by atomic mass is 127. The van der Waals surface area contributed by atoms with Crippen molar-refractivity contribution in [1.29, 1.82) is 0 Å². The lowest BCUT2D eigenvalue weighted by atomic mass is 10.2. The van der Waals surface area contributed by atoms with E-state index in [0.717, 1.165) is 3.57 Å². The number of carbonyl (C=O) groups is 1. The molecule has 0 aliphatic carbocycles. The van der Waals surface area contributed by atoms with Crippen molar-refractivity contribution in [2.24, 2.45) is 5.73 Å². The van der Waals surface area contributed by atoms with Gasteiger partial charge in [-0.25, -0.2) is 0 Å². The monoisotopic (exact) mass is 311 g/mol. The maximum Gasteiger partial charge on any atom is 0.252 e. The lowest BCUT2D eigenvalue weighted by molar-refractivity contribution is 0.0997. The van der Waals surface area contributed by atoms with Crippen molar-refractivity contribution >= 4 is 40.1 Å². The molecule has 0 aliphatic heterocycles. The number of benzene rings is 1. The molecule has 0 aromatic heterocycles. The summed E-state index contributed by atoms with van der Waals surface area (Å²) >= 11 is 7.89. The minimum atomic E-state index is -0.544. The third-order valence-corrected chi connectivity index (χ3v) is 2.38. The van der Waals surface area contributed by atoms with E-state index in [1.807, 2.05) is 22.6 Å². The Morgan fingerprint density at radius 3 is 2.69 bits per heavy atom. The van der Waals surface area contributed by atoms with Crippen LogP contribution in [0.2, 0.25) is 5.02 Å². The maximum absolute atomic E-state index is 11.0. The van der Waals surface area contributed by atoms with Crippen LogP contribution in [0.25, 0.3) is 0 Å². The zero-order valence-electron chi connectivity index (χ0n) is 6.80. The largest absolute Gasteiger partial charge is 0.494 e. The molecule has 13 heavy (non-hydrogen) atoms. The van der Waals surface area contributed by atoms with E-state index in [9.17, 15) is 4.79 Å². The van der Waals surface area contributed by atoms with Gasteiger partial charge in [0.2, 0.25) is 0 Å². The van der Waals surface area contributed by atoms with Crippen LogP contribution in [0.1, 0.15) is 10.4 Å². The van der Waals surface area contributed by atoms with Gasteiger partial charge in [0, 0.05) is 3.57 Å². The molecule has 1 rings (SSSR count). The minimum Gasteiger partial charge on any atom is -0.494 e. The molecular weight excluding hydrogens is 304 g/mol. The third-order valence-electron chi connectivity index (χ3n) is 1.48. The highest BCUT2D eigenvalue weighted by Gasteiger charge is 2.13. The fraction of sp³-hybridized carbons (Fsp3) is 0.125. The van der Waals surface area contributed by atoms with Gasteiger partial charge in [-0.1, -0.05) is 11.6 Å². The molecular formula is C8H7ClINO2. The number of carbonyl (C=O) groups excluding carboxylic acids is 1.